The van der Waals surface area contributed by atoms with Crippen molar-refractivity contribution in [2.75, 3.05) is 0 Å². The fourth-order valence-corrected chi connectivity index (χ4v) is 4.89. The van der Waals surface area contributed by atoms with E-state index < -0.39 is 120 Å². The normalized spacial score (nSPS) is 15.9. The largest absolute Gasteiger partial charge is 0.422 e. The van der Waals surface area contributed by atoms with Crippen molar-refractivity contribution in [2.24, 2.45) is 0 Å². The molecule has 0 radical (unpaired) electrons. The fourth-order valence-electron chi connectivity index (χ4n) is 4.89. The first kappa shape index (κ1) is 36.3. The van der Waals surface area contributed by atoms with Crippen LogP contribution in [0.3, 0.4) is 0 Å². The number of nitrogens with zero attached hydrogens (tertiary/aromatic N) is 5. The molecule has 18 heteroatoms. The van der Waals surface area contributed by atoms with E-state index in [2.05, 4.69) is 0 Å². The minimum atomic E-state index is -6.04. The predicted octanol–water partition coefficient (Wildman–Crippen LogP) is 9.29. The van der Waals surface area contributed by atoms with Gasteiger partial charge in [-0.1, -0.05) is 12.1 Å². The van der Waals surface area contributed by atoms with E-state index in [0.29, 0.717) is 18.2 Å². The summed E-state index contributed by atoms with van der Waals surface area (Å²) in [6.07, 6.45) is -16.7. The molecule has 3 aromatic rings. The third-order valence-electron chi connectivity index (χ3n) is 7.03. The molecule has 0 amide bonds. The van der Waals surface area contributed by atoms with Crippen LogP contribution in [-0.4, -0.2) is 0 Å². The molecular weight excluding hydrogens is 701 g/mol. The summed E-state index contributed by atoms with van der Waals surface area (Å²) in [5.41, 5.74) is -19.3. The topological polar surface area (TPSA) is 119 Å². The van der Waals surface area contributed by atoms with Crippen molar-refractivity contribution in [3.63, 3.8) is 0 Å². The van der Waals surface area contributed by atoms with E-state index in [9.17, 15) is 64.1 Å². The number of rotatable bonds is 3. The minimum absolute atomic E-state index is 0.192. The van der Waals surface area contributed by atoms with Gasteiger partial charge in [0.1, 0.15) is 23.8 Å². The molecule has 0 aromatic heterocycles. The minimum Gasteiger partial charge on any atom is -0.203 e. The second-order valence-corrected chi connectivity index (χ2v) is 9.83. The molecule has 0 atom stereocenters. The maximum absolute atomic E-state index is 15.1. The summed E-state index contributed by atoms with van der Waals surface area (Å²) in [7, 11) is 0. The Morgan fingerprint density at radius 3 is 1.44 bits per heavy atom. The fraction of sp³-hybridized carbons (Fsp3) is 0.0938. The number of halogens is 13. The van der Waals surface area contributed by atoms with Crippen molar-refractivity contribution in [2.45, 2.75) is 18.5 Å². The highest BCUT2D eigenvalue weighted by atomic mass is 19.4. The molecule has 1 aliphatic rings. The molecule has 4 rings (SSSR count). The lowest BCUT2D eigenvalue weighted by atomic mass is 9.96. The van der Waals surface area contributed by atoms with Crippen LogP contribution in [0.4, 0.5) is 57.1 Å². The second-order valence-electron chi connectivity index (χ2n) is 9.83. The quantitative estimate of drug-likeness (QED) is 0.153. The van der Waals surface area contributed by atoms with Crippen molar-refractivity contribution < 1.29 is 57.1 Å². The first-order valence-electron chi connectivity index (χ1n) is 12.8. The standard InChI is InChI=1S/C32H6F13N5/c33-26-24(27(34)29(36)25(28(26)35)32(43,44)45)18(11-50)23-21(16(9-48)13-2-3-14(8-47)19(6-13)30(37,38)39)22(23)17(10-49)15-4-1-12(7-46)5-20(15)31(40,41)42/h1-6H. The maximum Gasteiger partial charge on any atom is 0.422 e. The van der Waals surface area contributed by atoms with Gasteiger partial charge in [0.2, 0.25) is 0 Å². The number of alkyl halides is 9. The molecule has 0 aliphatic heterocycles. The van der Waals surface area contributed by atoms with Gasteiger partial charge in [-0.25, -0.2) is 17.6 Å². The van der Waals surface area contributed by atoms with Gasteiger partial charge in [0, 0.05) is 22.3 Å². The van der Waals surface area contributed by atoms with Crippen LogP contribution in [-0.2, 0) is 18.5 Å². The lowest BCUT2D eigenvalue weighted by Crippen LogP contribution is -2.17. The lowest BCUT2D eigenvalue weighted by molar-refractivity contribution is -0.143. The Morgan fingerprint density at radius 2 is 1.00 bits per heavy atom. The molecule has 1 aliphatic carbocycles. The highest BCUT2D eigenvalue weighted by Crippen LogP contribution is 2.57. The maximum atomic E-state index is 15.1. The first-order chi connectivity index (χ1) is 23.2. The number of benzene rings is 3. The summed E-state index contributed by atoms with van der Waals surface area (Å²) < 4.78 is 183. The molecule has 5 nitrogen and oxygen atoms in total. The highest BCUT2D eigenvalue weighted by Gasteiger charge is 2.47. The Bertz CT molecular complexity index is 2290. The Labute approximate surface area is 270 Å². The van der Waals surface area contributed by atoms with Gasteiger partial charge in [-0.15, -0.1) is 0 Å². The van der Waals surface area contributed by atoms with E-state index in [4.69, 9.17) is 10.5 Å². The van der Waals surface area contributed by atoms with Gasteiger partial charge in [0.25, 0.3) is 0 Å². The molecule has 0 unspecified atom stereocenters. The molecule has 0 heterocycles. The average molecular weight is 707 g/mol. The zero-order valence-corrected chi connectivity index (χ0v) is 23.6. The van der Waals surface area contributed by atoms with Gasteiger partial charge < -0.3 is 0 Å². The first-order valence-corrected chi connectivity index (χ1v) is 12.8. The van der Waals surface area contributed by atoms with Crippen molar-refractivity contribution >= 4 is 16.7 Å². The van der Waals surface area contributed by atoms with E-state index >= 15 is 8.78 Å². The van der Waals surface area contributed by atoms with E-state index in [-0.39, 0.29) is 12.1 Å². The van der Waals surface area contributed by atoms with E-state index in [0.717, 1.165) is 12.1 Å². The molecule has 1 saturated carbocycles. The summed E-state index contributed by atoms with van der Waals surface area (Å²) in [5, 5.41) is 48.1. The summed E-state index contributed by atoms with van der Waals surface area (Å²) in [5.74, 6) is -11.8. The molecular formula is C32H6F13N5. The van der Waals surface area contributed by atoms with Crippen LogP contribution < -0.4 is 0 Å². The monoisotopic (exact) mass is 707 g/mol. The summed E-state index contributed by atoms with van der Waals surface area (Å²) >= 11 is 0. The van der Waals surface area contributed by atoms with Crippen LogP contribution in [0.25, 0.3) is 16.7 Å². The van der Waals surface area contributed by atoms with Crippen LogP contribution in [0.5, 0.6) is 0 Å². The Balaban J connectivity index is 2.29. The van der Waals surface area contributed by atoms with Crippen LogP contribution in [0.1, 0.15) is 44.5 Å². The second kappa shape index (κ2) is 12.5. The van der Waals surface area contributed by atoms with E-state index in [1.807, 2.05) is 0 Å². The predicted molar refractivity (Wildman–Crippen MR) is 141 cm³/mol. The Kier molecular flexibility index (Phi) is 9.04. The van der Waals surface area contributed by atoms with Gasteiger partial charge in [-0.05, 0) is 29.8 Å². The van der Waals surface area contributed by atoms with Crippen molar-refractivity contribution in [3.8, 4) is 30.3 Å². The smallest absolute Gasteiger partial charge is 0.203 e. The molecule has 0 N–H and O–H groups in total. The molecule has 250 valence electrons. The van der Waals surface area contributed by atoms with Gasteiger partial charge in [0.05, 0.1) is 56.7 Å². The third-order valence-corrected chi connectivity index (χ3v) is 7.03. The Morgan fingerprint density at radius 1 is 0.500 bits per heavy atom. The number of hydrogen-bond acceptors (Lipinski definition) is 5. The molecule has 0 saturated heterocycles. The van der Waals surface area contributed by atoms with Crippen molar-refractivity contribution in [1.29, 1.82) is 26.3 Å². The zero-order valence-electron chi connectivity index (χ0n) is 23.6. The van der Waals surface area contributed by atoms with Crippen molar-refractivity contribution in [1.82, 2.24) is 0 Å². The van der Waals surface area contributed by atoms with Crippen LogP contribution >= 0.6 is 0 Å². The molecule has 1 fully saturated rings. The van der Waals surface area contributed by atoms with Crippen LogP contribution in [0.2, 0.25) is 0 Å². The van der Waals surface area contributed by atoms with E-state index in [1.165, 1.54) is 24.3 Å². The van der Waals surface area contributed by atoms with Gasteiger partial charge >= 0.3 is 18.5 Å². The van der Waals surface area contributed by atoms with Gasteiger partial charge in [-0.2, -0.15) is 65.8 Å². The molecule has 3 aromatic carbocycles. The summed E-state index contributed by atoms with van der Waals surface area (Å²) in [4.78, 5) is 0. The Hall–Kier alpha value is -6.58. The SMILES string of the molecule is N#CC(=C1C(=C(C#N)c2ccc(C#N)cc2C(F)(F)F)C1=C(C#N)c1c(F)c(F)c(C(F)(F)F)c(F)c1F)c1ccc(C#N)c(C(F)(F)F)c1. The molecule has 0 bridgehead atoms. The number of nitriles is 5. The lowest BCUT2D eigenvalue weighted by Gasteiger charge is -2.13. The molecule has 0 spiro atoms. The zero-order chi connectivity index (χ0) is 37.7. The number of allylic oxidation sites excluding steroid dienone is 6. The van der Waals surface area contributed by atoms with Gasteiger partial charge in [0.15, 0.2) is 23.3 Å². The van der Waals surface area contributed by atoms with Gasteiger partial charge in [-0.3, -0.25) is 0 Å². The average Bonchev–Trinajstić information content (AvgIpc) is 3.74. The highest BCUT2D eigenvalue weighted by molar-refractivity contribution is 6.12. The van der Waals surface area contributed by atoms with Crippen LogP contribution in [0.15, 0.2) is 53.1 Å². The molecule has 50 heavy (non-hydrogen) atoms. The summed E-state index contributed by atoms with van der Waals surface area (Å²) in [6.45, 7) is 0. The summed E-state index contributed by atoms with van der Waals surface area (Å²) in [6, 6.07) is 9.27. The third kappa shape index (κ3) is 6.09. The van der Waals surface area contributed by atoms with E-state index in [1.54, 1.807) is 0 Å². The number of hydrogen-bond donors (Lipinski definition) is 0. The van der Waals surface area contributed by atoms with Crippen LogP contribution in [0, 0.1) is 79.9 Å². The van der Waals surface area contributed by atoms with Crippen molar-refractivity contribution in [3.05, 3.63) is 121 Å².